The molecule has 3 rings (SSSR count). The van der Waals surface area contributed by atoms with Gasteiger partial charge in [-0.25, -0.2) is 4.98 Å². The van der Waals surface area contributed by atoms with Crippen molar-refractivity contribution in [2.24, 2.45) is 5.73 Å². The number of H-pyrrole nitrogens is 1. The molecule has 0 atom stereocenters. The summed E-state index contributed by atoms with van der Waals surface area (Å²) in [6.45, 7) is 1.14. The smallest absolute Gasteiger partial charge is 0.257 e. The maximum atomic E-state index is 12.7. The Morgan fingerprint density at radius 2 is 2.33 bits per heavy atom. The van der Waals surface area contributed by atoms with Crippen LogP contribution in [0.4, 0.5) is 0 Å². The third kappa shape index (κ3) is 2.69. The van der Waals surface area contributed by atoms with Gasteiger partial charge in [0.25, 0.3) is 5.91 Å². The van der Waals surface area contributed by atoms with Gasteiger partial charge in [-0.2, -0.15) is 0 Å². The summed E-state index contributed by atoms with van der Waals surface area (Å²) in [6.07, 6.45) is 5.36. The maximum absolute atomic E-state index is 12.7. The SMILES string of the molecule is N/C=C(/C(=O)N1CCc2nc[nH]c2C1)c1cc(Br)ccn1. The molecule has 1 aliphatic heterocycles. The van der Waals surface area contributed by atoms with Crippen LogP contribution in [0.15, 0.2) is 35.3 Å². The number of fused-ring (bicyclic) bond motifs is 1. The molecule has 0 saturated heterocycles. The summed E-state index contributed by atoms with van der Waals surface area (Å²) in [7, 11) is 0. The van der Waals surface area contributed by atoms with Crippen molar-refractivity contribution in [2.45, 2.75) is 13.0 Å². The van der Waals surface area contributed by atoms with Crippen molar-refractivity contribution in [2.75, 3.05) is 6.54 Å². The van der Waals surface area contributed by atoms with Crippen LogP contribution in [0.1, 0.15) is 17.1 Å². The molecule has 0 bridgehead atoms. The molecule has 0 fully saturated rings. The molecule has 0 saturated carbocycles. The van der Waals surface area contributed by atoms with E-state index in [4.69, 9.17) is 5.73 Å². The number of nitrogens with two attached hydrogens (primary N) is 1. The first-order chi connectivity index (χ1) is 10.2. The number of aromatic amines is 1. The minimum absolute atomic E-state index is 0.122. The fourth-order valence-electron chi connectivity index (χ4n) is 2.37. The molecule has 3 heterocycles. The van der Waals surface area contributed by atoms with E-state index in [9.17, 15) is 4.79 Å². The number of imidazole rings is 1. The molecule has 1 amide bonds. The third-order valence-corrected chi connectivity index (χ3v) is 3.95. The number of aromatic nitrogens is 3. The highest BCUT2D eigenvalue weighted by Gasteiger charge is 2.25. The molecule has 0 unspecified atom stereocenters. The molecule has 1 aliphatic rings. The van der Waals surface area contributed by atoms with Gasteiger partial charge in [0.2, 0.25) is 0 Å². The lowest BCUT2D eigenvalue weighted by Crippen LogP contribution is -2.36. The molecule has 2 aromatic heterocycles. The summed E-state index contributed by atoms with van der Waals surface area (Å²) in [4.78, 5) is 25.9. The zero-order valence-corrected chi connectivity index (χ0v) is 12.8. The quantitative estimate of drug-likeness (QED) is 0.805. The normalized spacial score (nSPS) is 14.9. The van der Waals surface area contributed by atoms with Crippen molar-refractivity contribution in [1.82, 2.24) is 19.9 Å². The summed E-state index contributed by atoms with van der Waals surface area (Å²) in [5, 5.41) is 0. The predicted molar refractivity (Wildman–Crippen MR) is 81.8 cm³/mol. The lowest BCUT2D eigenvalue weighted by molar-refractivity contribution is -0.126. The number of carbonyl (C=O) groups is 1. The van der Waals surface area contributed by atoms with Crippen LogP contribution in [0.25, 0.3) is 5.57 Å². The second-order valence-electron chi connectivity index (χ2n) is 4.74. The Kier molecular flexibility index (Phi) is 3.74. The van der Waals surface area contributed by atoms with Crippen molar-refractivity contribution >= 4 is 27.4 Å². The summed E-state index contributed by atoms with van der Waals surface area (Å²) in [5.41, 5.74) is 8.62. The molecule has 0 spiro atoms. The van der Waals surface area contributed by atoms with E-state index in [-0.39, 0.29) is 5.91 Å². The van der Waals surface area contributed by atoms with Crippen LogP contribution in [0.2, 0.25) is 0 Å². The van der Waals surface area contributed by atoms with Crippen molar-refractivity contribution in [3.8, 4) is 0 Å². The van der Waals surface area contributed by atoms with Crippen LogP contribution in [0, 0.1) is 0 Å². The average molecular weight is 348 g/mol. The second-order valence-corrected chi connectivity index (χ2v) is 5.66. The average Bonchev–Trinajstić information content (AvgIpc) is 2.95. The molecule has 7 heteroatoms. The molecule has 6 nitrogen and oxygen atoms in total. The van der Waals surface area contributed by atoms with Gasteiger partial charge in [0.15, 0.2) is 0 Å². The van der Waals surface area contributed by atoms with Crippen LogP contribution >= 0.6 is 15.9 Å². The molecule has 108 valence electrons. The number of pyridine rings is 1. The van der Waals surface area contributed by atoms with Crippen molar-refractivity contribution in [3.05, 3.63) is 52.4 Å². The Hall–Kier alpha value is -2.15. The Bertz CT molecular complexity index is 709. The number of nitrogens with zero attached hydrogens (tertiary/aromatic N) is 3. The number of nitrogens with one attached hydrogen (secondary N) is 1. The van der Waals surface area contributed by atoms with E-state index in [1.807, 2.05) is 0 Å². The highest BCUT2D eigenvalue weighted by molar-refractivity contribution is 9.10. The van der Waals surface area contributed by atoms with E-state index in [2.05, 4.69) is 30.9 Å². The van der Waals surface area contributed by atoms with Crippen molar-refractivity contribution < 1.29 is 4.79 Å². The van der Waals surface area contributed by atoms with Crippen molar-refractivity contribution in [1.29, 1.82) is 0 Å². The number of amides is 1. The van der Waals surface area contributed by atoms with Gasteiger partial charge >= 0.3 is 0 Å². The second kappa shape index (κ2) is 5.69. The summed E-state index contributed by atoms with van der Waals surface area (Å²) in [5.74, 6) is -0.122. The Balaban J connectivity index is 1.84. The molecule has 0 aliphatic carbocycles. The first-order valence-electron chi connectivity index (χ1n) is 6.53. The monoisotopic (exact) mass is 347 g/mol. The number of rotatable bonds is 2. The Labute approximate surface area is 130 Å². The standard InChI is InChI=1S/C14H14BrN5O/c15-9-1-3-17-12(5-9)10(6-16)14(21)20-4-2-11-13(7-20)19-8-18-11/h1,3,5-6,8H,2,4,7,16H2,(H,18,19)/b10-6+. The molecule has 2 aromatic rings. The lowest BCUT2D eigenvalue weighted by atomic mass is 10.1. The van der Waals surface area contributed by atoms with Crippen LogP contribution in [-0.4, -0.2) is 32.3 Å². The number of halogens is 1. The molecule has 3 N–H and O–H groups in total. The zero-order valence-electron chi connectivity index (χ0n) is 11.2. The summed E-state index contributed by atoms with van der Waals surface area (Å²) < 4.78 is 0.856. The highest BCUT2D eigenvalue weighted by atomic mass is 79.9. The number of carbonyl (C=O) groups excluding carboxylic acids is 1. The molecule has 0 aromatic carbocycles. The number of hydrogen-bond acceptors (Lipinski definition) is 4. The minimum Gasteiger partial charge on any atom is -0.404 e. The molecular formula is C14H14BrN5O. The number of hydrogen-bond donors (Lipinski definition) is 2. The first kappa shape index (κ1) is 13.8. The third-order valence-electron chi connectivity index (χ3n) is 3.46. The highest BCUT2D eigenvalue weighted by Crippen LogP contribution is 2.22. The fraction of sp³-hybridized carbons (Fsp3) is 0.214. The molecular weight excluding hydrogens is 334 g/mol. The predicted octanol–water partition coefficient (Wildman–Crippen LogP) is 1.45. The summed E-state index contributed by atoms with van der Waals surface area (Å²) in [6, 6.07) is 3.59. The lowest BCUT2D eigenvalue weighted by Gasteiger charge is -2.27. The minimum atomic E-state index is -0.122. The largest absolute Gasteiger partial charge is 0.404 e. The van der Waals surface area contributed by atoms with Gasteiger partial charge < -0.3 is 15.6 Å². The summed E-state index contributed by atoms with van der Waals surface area (Å²) >= 11 is 3.37. The van der Waals surface area contributed by atoms with E-state index in [1.54, 1.807) is 29.6 Å². The molecule has 0 radical (unpaired) electrons. The van der Waals surface area contributed by atoms with Gasteiger partial charge in [0, 0.05) is 29.8 Å². The van der Waals surface area contributed by atoms with Crippen molar-refractivity contribution in [3.63, 3.8) is 0 Å². The van der Waals surface area contributed by atoms with Gasteiger partial charge in [-0.3, -0.25) is 9.78 Å². The first-order valence-corrected chi connectivity index (χ1v) is 7.32. The van der Waals surface area contributed by atoms with Crippen LogP contribution in [-0.2, 0) is 17.8 Å². The fourth-order valence-corrected chi connectivity index (χ4v) is 2.71. The van der Waals surface area contributed by atoms with Crippen LogP contribution < -0.4 is 5.73 Å². The van der Waals surface area contributed by atoms with Gasteiger partial charge in [0.05, 0.1) is 35.5 Å². The zero-order chi connectivity index (χ0) is 14.8. The van der Waals surface area contributed by atoms with Gasteiger partial charge in [-0.1, -0.05) is 15.9 Å². The van der Waals surface area contributed by atoms with Gasteiger partial charge in [-0.15, -0.1) is 0 Å². The van der Waals surface area contributed by atoms with Crippen LogP contribution in [0.3, 0.4) is 0 Å². The van der Waals surface area contributed by atoms with E-state index >= 15 is 0 Å². The van der Waals surface area contributed by atoms with E-state index in [0.29, 0.717) is 24.4 Å². The van der Waals surface area contributed by atoms with E-state index < -0.39 is 0 Å². The van der Waals surface area contributed by atoms with Crippen LogP contribution in [0.5, 0.6) is 0 Å². The Morgan fingerprint density at radius 1 is 1.48 bits per heavy atom. The maximum Gasteiger partial charge on any atom is 0.257 e. The van der Waals surface area contributed by atoms with Gasteiger partial charge in [0.1, 0.15) is 0 Å². The van der Waals surface area contributed by atoms with E-state index in [0.717, 1.165) is 22.3 Å². The molecule has 21 heavy (non-hydrogen) atoms. The topological polar surface area (TPSA) is 87.9 Å². The van der Waals surface area contributed by atoms with Gasteiger partial charge in [-0.05, 0) is 12.1 Å². The Morgan fingerprint density at radius 3 is 3.10 bits per heavy atom. The van der Waals surface area contributed by atoms with E-state index in [1.165, 1.54) is 6.20 Å².